The molecule has 0 amide bonds. The highest BCUT2D eigenvalue weighted by molar-refractivity contribution is 5.89. The zero-order chi connectivity index (χ0) is 20.2. The van der Waals surface area contributed by atoms with Gasteiger partial charge in [0.15, 0.2) is 0 Å². The Balaban J connectivity index is 1.71. The number of anilines is 1. The average Bonchev–Trinajstić information content (AvgIpc) is 3.21. The van der Waals surface area contributed by atoms with Gasteiger partial charge < -0.3 is 14.6 Å². The van der Waals surface area contributed by atoms with Crippen LogP contribution >= 0.6 is 0 Å². The summed E-state index contributed by atoms with van der Waals surface area (Å²) in [5.41, 5.74) is 4.05. The van der Waals surface area contributed by atoms with E-state index in [1.54, 1.807) is 7.11 Å². The first-order valence-corrected chi connectivity index (χ1v) is 9.78. The van der Waals surface area contributed by atoms with Crippen LogP contribution in [0.5, 0.6) is 5.75 Å². The summed E-state index contributed by atoms with van der Waals surface area (Å²) in [5.74, 6) is 2.78. The normalized spacial score (nSPS) is 11.0. The first kappa shape index (κ1) is 18.9. The predicted octanol–water partition coefficient (Wildman–Crippen LogP) is 5.17. The minimum absolute atomic E-state index is 0.557. The molecule has 0 spiro atoms. The Labute approximate surface area is 169 Å². The van der Waals surface area contributed by atoms with E-state index in [4.69, 9.17) is 14.2 Å². The molecular weight excluding hydrogens is 364 g/mol. The smallest absolute Gasteiger partial charge is 0.226 e. The fraction of sp³-hybridized carbons (Fsp3) is 0.261. The molecule has 0 bridgehead atoms. The molecule has 0 unspecified atom stereocenters. The topological polar surface area (TPSA) is 73.1 Å². The maximum Gasteiger partial charge on any atom is 0.226 e. The summed E-state index contributed by atoms with van der Waals surface area (Å²) in [4.78, 5) is 9.46. The molecule has 2 heterocycles. The van der Waals surface area contributed by atoms with Gasteiger partial charge in [0.2, 0.25) is 11.7 Å². The van der Waals surface area contributed by atoms with Gasteiger partial charge in [0.25, 0.3) is 0 Å². The Hall–Kier alpha value is -3.41. The van der Waals surface area contributed by atoms with Crippen LogP contribution in [-0.2, 0) is 13.0 Å². The second kappa shape index (κ2) is 8.31. The molecule has 1 N–H and O–H groups in total. The van der Waals surface area contributed by atoms with Crippen molar-refractivity contribution in [2.45, 2.75) is 33.2 Å². The SMILES string of the molecule is CCCc1nc(-c2cc3cccc(C)c3nc2NCc2ccc(OC)cc2)no1. The highest BCUT2D eigenvalue weighted by Crippen LogP contribution is 2.30. The quantitative estimate of drug-likeness (QED) is 0.471. The maximum absolute atomic E-state index is 5.41. The number of hydrogen-bond acceptors (Lipinski definition) is 6. The van der Waals surface area contributed by atoms with Crippen LogP contribution in [0.1, 0.15) is 30.4 Å². The fourth-order valence-electron chi connectivity index (χ4n) is 3.26. The Bertz CT molecular complexity index is 1120. The second-order valence-corrected chi connectivity index (χ2v) is 6.99. The lowest BCUT2D eigenvalue weighted by atomic mass is 10.1. The van der Waals surface area contributed by atoms with Crippen molar-refractivity contribution in [1.82, 2.24) is 15.1 Å². The molecule has 148 valence electrons. The van der Waals surface area contributed by atoms with E-state index in [0.717, 1.165) is 52.0 Å². The van der Waals surface area contributed by atoms with Crippen molar-refractivity contribution in [3.8, 4) is 17.1 Å². The number of pyridine rings is 1. The van der Waals surface area contributed by atoms with Gasteiger partial charge in [-0.1, -0.05) is 42.4 Å². The van der Waals surface area contributed by atoms with Crippen LogP contribution < -0.4 is 10.1 Å². The Morgan fingerprint density at radius 3 is 2.66 bits per heavy atom. The van der Waals surface area contributed by atoms with Crippen molar-refractivity contribution in [3.05, 3.63) is 65.5 Å². The van der Waals surface area contributed by atoms with Crippen molar-refractivity contribution >= 4 is 16.7 Å². The van der Waals surface area contributed by atoms with Crippen LogP contribution in [0.4, 0.5) is 5.82 Å². The average molecular weight is 388 g/mol. The molecule has 4 aromatic rings. The summed E-state index contributed by atoms with van der Waals surface area (Å²) < 4.78 is 10.6. The zero-order valence-electron chi connectivity index (χ0n) is 16.9. The number of methoxy groups -OCH3 is 1. The van der Waals surface area contributed by atoms with Crippen molar-refractivity contribution in [1.29, 1.82) is 0 Å². The third-order valence-electron chi connectivity index (χ3n) is 4.84. The number of para-hydroxylation sites is 1. The van der Waals surface area contributed by atoms with E-state index in [0.29, 0.717) is 18.3 Å². The van der Waals surface area contributed by atoms with Crippen molar-refractivity contribution in [2.24, 2.45) is 0 Å². The molecule has 0 radical (unpaired) electrons. The monoisotopic (exact) mass is 388 g/mol. The Morgan fingerprint density at radius 2 is 1.90 bits per heavy atom. The molecule has 0 aliphatic heterocycles. The molecule has 2 aromatic heterocycles. The largest absolute Gasteiger partial charge is 0.497 e. The van der Waals surface area contributed by atoms with Crippen molar-refractivity contribution in [3.63, 3.8) is 0 Å². The molecule has 0 aliphatic rings. The number of rotatable bonds is 7. The van der Waals surface area contributed by atoms with E-state index in [9.17, 15) is 0 Å². The molecule has 0 atom stereocenters. The molecule has 6 nitrogen and oxygen atoms in total. The molecule has 4 rings (SSSR count). The van der Waals surface area contributed by atoms with Crippen LogP contribution in [0.2, 0.25) is 0 Å². The predicted molar refractivity (Wildman–Crippen MR) is 114 cm³/mol. The number of benzene rings is 2. The number of ether oxygens (including phenoxy) is 1. The van der Waals surface area contributed by atoms with Crippen LogP contribution in [-0.4, -0.2) is 22.2 Å². The number of hydrogen-bond donors (Lipinski definition) is 1. The first-order valence-electron chi connectivity index (χ1n) is 9.78. The van der Waals surface area contributed by atoms with Gasteiger partial charge >= 0.3 is 0 Å². The fourth-order valence-corrected chi connectivity index (χ4v) is 3.26. The molecule has 29 heavy (non-hydrogen) atoms. The Kier molecular flexibility index (Phi) is 5.42. The Morgan fingerprint density at radius 1 is 1.07 bits per heavy atom. The van der Waals surface area contributed by atoms with Gasteiger partial charge in [-0.05, 0) is 42.7 Å². The summed E-state index contributed by atoms with van der Waals surface area (Å²) in [7, 11) is 1.67. The molecule has 0 saturated carbocycles. The first-order chi connectivity index (χ1) is 14.2. The molecule has 6 heteroatoms. The van der Waals surface area contributed by atoms with E-state index >= 15 is 0 Å². The summed E-state index contributed by atoms with van der Waals surface area (Å²) in [6.07, 6.45) is 1.72. The second-order valence-electron chi connectivity index (χ2n) is 6.99. The molecular formula is C23H24N4O2. The number of nitrogens with one attached hydrogen (secondary N) is 1. The van der Waals surface area contributed by atoms with Gasteiger partial charge in [0.1, 0.15) is 11.6 Å². The van der Waals surface area contributed by atoms with Crippen molar-refractivity contribution in [2.75, 3.05) is 12.4 Å². The van der Waals surface area contributed by atoms with Gasteiger partial charge in [-0.25, -0.2) is 4.98 Å². The summed E-state index contributed by atoms with van der Waals surface area (Å²) in [5, 5.41) is 8.70. The van der Waals surface area contributed by atoms with Crippen LogP contribution in [0.3, 0.4) is 0 Å². The molecule has 0 aliphatic carbocycles. The van der Waals surface area contributed by atoms with Gasteiger partial charge in [-0.3, -0.25) is 0 Å². The van der Waals surface area contributed by atoms with E-state index < -0.39 is 0 Å². The van der Waals surface area contributed by atoms with E-state index in [2.05, 4.69) is 47.5 Å². The lowest BCUT2D eigenvalue weighted by Gasteiger charge is -2.12. The summed E-state index contributed by atoms with van der Waals surface area (Å²) in [6.45, 7) is 4.78. The molecule has 2 aromatic carbocycles. The van der Waals surface area contributed by atoms with E-state index in [-0.39, 0.29) is 0 Å². The molecule has 0 fully saturated rings. The number of aryl methyl sites for hydroxylation is 2. The van der Waals surface area contributed by atoms with Crippen LogP contribution in [0, 0.1) is 6.92 Å². The standard InChI is InChI=1S/C23H24N4O2/c1-4-6-20-25-23(27-29-20)19-13-17-8-5-7-15(2)21(17)26-22(19)24-14-16-9-11-18(28-3)12-10-16/h5,7-13H,4,6,14H2,1-3H3,(H,24,26). The minimum atomic E-state index is 0.557. The summed E-state index contributed by atoms with van der Waals surface area (Å²) >= 11 is 0. The number of nitrogens with zero attached hydrogens (tertiary/aromatic N) is 3. The van der Waals surface area contributed by atoms with Crippen LogP contribution in [0.15, 0.2) is 53.1 Å². The molecule has 0 saturated heterocycles. The van der Waals surface area contributed by atoms with E-state index in [1.807, 2.05) is 30.3 Å². The number of fused-ring (bicyclic) bond motifs is 1. The maximum atomic E-state index is 5.41. The number of aromatic nitrogens is 3. The van der Waals surface area contributed by atoms with Gasteiger partial charge in [-0.15, -0.1) is 0 Å². The lowest BCUT2D eigenvalue weighted by Crippen LogP contribution is -2.04. The van der Waals surface area contributed by atoms with Gasteiger partial charge in [0, 0.05) is 18.4 Å². The highest BCUT2D eigenvalue weighted by atomic mass is 16.5. The summed E-state index contributed by atoms with van der Waals surface area (Å²) in [6, 6.07) is 16.2. The third-order valence-corrected chi connectivity index (χ3v) is 4.84. The van der Waals surface area contributed by atoms with Gasteiger partial charge in [0.05, 0.1) is 18.2 Å². The van der Waals surface area contributed by atoms with Crippen LogP contribution in [0.25, 0.3) is 22.3 Å². The minimum Gasteiger partial charge on any atom is -0.497 e. The zero-order valence-corrected chi connectivity index (χ0v) is 16.9. The van der Waals surface area contributed by atoms with Gasteiger partial charge in [-0.2, -0.15) is 4.98 Å². The third kappa shape index (κ3) is 4.06. The lowest BCUT2D eigenvalue weighted by molar-refractivity contribution is 0.378. The van der Waals surface area contributed by atoms with Crippen molar-refractivity contribution < 1.29 is 9.26 Å². The van der Waals surface area contributed by atoms with E-state index in [1.165, 1.54) is 0 Å². The highest BCUT2D eigenvalue weighted by Gasteiger charge is 2.16.